The summed E-state index contributed by atoms with van der Waals surface area (Å²) in [6.45, 7) is 5.05. The Labute approximate surface area is 113 Å². The highest BCUT2D eigenvalue weighted by atomic mass is 32.2. The van der Waals surface area contributed by atoms with Gasteiger partial charge in [-0.1, -0.05) is 19.9 Å². The number of hydrogen-bond acceptors (Lipinski definition) is 4. The molecule has 2 heterocycles. The van der Waals surface area contributed by atoms with Crippen molar-refractivity contribution in [2.24, 2.45) is 5.92 Å². The van der Waals surface area contributed by atoms with Crippen molar-refractivity contribution < 1.29 is 5.11 Å². The van der Waals surface area contributed by atoms with Crippen LogP contribution in [0.2, 0.25) is 0 Å². The topological polar surface area (TPSA) is 45.1 Å². The van der Waals surface area contributed by atoms with Gasteiger partial charge in [-0.3, -0.25) is 4.98 Å². The SMILES string of the molecule is CC(C)C(NCC1(O)CCSC1)c1cccnc1. The van der Waals surface area contributed by atoms with Crippen molar-refractivity contribution in [2.75, 3.05) is 18.1 Å². The molecule has 2 rings (SSSR count). The summed E-state index contributed by atoms with van der Waals surface area (Å²) in [5, 5.41) is 13.9. The molecule has 2 unspecified atom stereocenters. The Morgan fingerprint density at radius 3 is 2.94 bits per heavy atom. The fraction of sp³-hybridized carbons (Fsp3) is 0.643. The second-order valence-corrected chi connectivity index (χ2v) is 6.52. The Bertz CT molecular complexity index is 363. The van der Waals surface area contributed by atoms with Crippen LogP contribution >= 0.6 is 11.8 Å². The fourth-order valence-corrected chi connectivity index (χ4v) is 3.63. The number of rotatable bonds is 5. The highest BCUT2D eigenvalue weighted by molar-refractivity contribution is 7.99. The summed E-state index contributed by atoms with van der Waals surface area (Å²) in [6, 6.07) is 4.32. The summed E-state index contributed by atoms with van der Waals surface area (Å²) in [6.07, 6.45) is 4.59. The number of pyridine rings is 1. The molecular formula is C14H22N2OS. The molecule has 0 spiro atoms. The lowest BCUT2D eigenvalue weighted by molar-refractivity contribution is 0.0626. The largest absolute Gasteiger partial charge is 0.388 e. The Kier molecular flexibility index (Phi) is 4.65. The van der Waals surface area contributed by atoms with Gasteiger partial charge in [0.25, 0.3) is 0 Å². The van der Waals surface area contributed by atoms with Crippen molar-refractivity contribution in [1.29, 1.82) is 0 Å². The quantitative estimate of drug-likeness (QED) is 0.858. The maximum absolute atomic E-state index is 10.4. The van der Waals surface area contributed by atoms with Gasteiger partial charge in [-0.05, 0) is 29.7 Å². The first-order valence-corrected chi connectivity index (χ1v) is 7.70. The normalized spacial score (nSPS) is 25.6. The minimum atomic E-state index is -0.528. The van der Waals surface area contributed by atoms with Gasteiger partial charge in [0, 0.05) is 30.7 Å². The Morgan fingerprint density at radius 2 is 2.39 bits per heavy atom. The van der Waals surface area contributed by atoms with Gasteiger partial charge in [0.2, 0.25) is 0 Å². The maximum Gasteiger partial charge on any atom is 0.0869 e. The second kappa shape index (κ2) is 6.04. The van der Waals surface area contributed by atoms with Crippen LogP contribution < -0.4 is 5.32 Å². The molecule has 100 valence electrons. The van der Waals surface area contributed by atoms with E-state index in [9.17, 15) is 5.11 Å². The molecule has 0 amide bonds. The zero-order chi connectivity index (χ0) is 13.0. The molecule has 0 saturated carbocycles. The van der Waals surface area contributed by atoms with Crippen LogP contribution in [0, 0.1) is 5.92 Å². The van der Waals surface area contributed by atoms with Crippen LogP contribution in [-0.4, -0.2) is 33.7 Å². The van der Waals surface area contributed by atoms with Crippen molar-refractivity contribution in [3.8, 4) is 0 Å². The van der Waals surface area contributed by atoms with Crippen LogP contribution in [0.4, 0.5) is 0 Å². The predicted molar refractivity (Wildman–Crippen MR) is 76.7 cm³/mol. The monoisotopic (exact) mass is 266 g/mol. The Hall–Kier alpha value is -0.580. The van der Waals surface area contributed by atoms with E-state index in [0.717, 1.165) is 17.9 Å². The molecule has 2 N–H and O–H groups in total. The average Bonchev–Trinajstić information content (AvgIpc) is 2.78. The van der Waals surface area contributed by atoms with Crippen LogP contribution in [0.25, 0.3) is 0 Å². The van der Waals surface area contributed by atoms with E-state index in [1.54, 1.807) is 6.20 Å². The first-order valence-electron chi connectivity index (χ1n) is 6.54. The predicted octanol–water partition coefficient (Wildman–Crippen LogP) is 2.24. The van der Waals surface area contributed by atoms with Gasteiger partial charge >= 0.3 is 0 Å². The van der Waals surface area contributed by atoms with E-state index in [1.165, 1.54) is 5.56 Å². The maximum atomic E-state index is 10.4. The molecule has 0 aromatic carbocycles. The summed E-state index contributed by atoms with van der Waals surface area (Å²) >= 11 is 1.83. The number of aliphatic hydroxyl groups is 1. The van der Waals surface area contributed by atoms with Crippen molar-refractivity contribution in [1.82, 2.24) is 10.3 Å². The minimum absolute atomic E-state index is 0.258. The van der Waals surface area contributed by atoms with E-state index in [4.69, 9.17) is 0 Å². The third kappa shape index (κ3) is 3.46. The molecule has 18 heavy (non-hydrogen) atoms. The zero-order valence-corrected chi connectivity index (χ0v) is 11.9. The molecule has 1 fully saturated rings. The highest BCUT2D eigenvalue weighted by Gasteiger charge is 2.32. The van der Waals surface area contributed by atoms with Gasteiger partial charge in [-0.2, -0.15) is 11.8 Å². The molecule has 0 aliphatic carbocycles. The first-order chi connectivity index (χ1) is 8.61. The number of aromatic nitrogens is 1. The van der Waals surface area contributed by atoms with Crippen LogP contribution in [0.5, 0.6) is 0 Å². The van der Waals surface area contributed by atoms with E-state index in [2.05, 4.69) is 30.2 Å². The third-order valence-corrected chi connectivity index (χ3v) is 4.68. The summed E-state index contributed by atoms with van der Waals surface area (Å²) < 4.78 is 0. The lowest BCUT2D eigenvalue weighted by Crippen LogP contribution is -2.43. The lowest BCUT2D eigenvalue weighted by Gasteiger charge is -2.28. The Morgan fingerprint density at radius 1 is 1.56 bits per heavy atom. The number of hydrogen-bond donors (Lipinski definition) is 2. The number of nitrogens with zero attached hydrogens (tertiary/aromatic N) is 1. The van der Waals surface area contributed by atoms with E-state index in [-0.39, 0.29) is 6.04 Å². The molecule has 1 aliphatic rings. The van der Waals surface area contributed by atoms with E-state index < -0.39 is 5.60 Å². The first kappa shape index (κ1) is 13.8. The molecule has 1 aromatic heterocycles. The molecule has 3 nitrogen and oxygen atoms in total. The van der Waals surface area contributed by atoms with E-state index in [0.29, 0.717) is 12.5 Å². The van der Waals surface area contributed by atoms with Crippen molar-refractivity contribution in [3.63, 3.8) is 0 Å². The third-order valence-electron chi connectivity index (χ3n) is 3.44. The molecule has 1 saturated heterocycles. The van der Waals surface area contributed by atoms with Crippen LogP contribution in [0.15, 0.2) is 24.5 Å². The van der Waals surface area contributed by atoms with Crippen LogP contribution in [-0.2, 0) is 0 Å². The van der Waals surface area contributed by atoms with Crippen molar-refractivity contribution in [3.05, 3.63) is 30.1 Å². The van der Waals surface area contributed by atoms with E-state index in [1.807, 2.05) is 24.0 Å². The fourth-order valence-electron chi connectivity index (χ4n) is 2.33. The average molecular weight is 266 g/mol. The van der Waals surface area contributed by atoms with Crippen LogP contribution in [0.1, 0.15) is 31.9 Å². The summed E-state index contributed by atoms with van der Waals surface area (Å²) in [7, 11) is 0. The lowest BCUT2D eigenvalue weighted by atomic mass is 9.95. The molecule has 2 atom stereocenters. The Balaban J connectivity index is 1.99. The van der Waals surface area contributed by atoms with Gasteiger partial charge in [0.05, 0.1) is 5.60 Å². The number of thioether (sulfide) groups is 1. The second-order valence-electron chi connectivity index (χ2n) is 5.42. The van der Waals surface area contributed by atoms with Crippen molar-refractivity contribution in [2.45, 2.75) is 31.9 Å². The van der Waals surface area contributed by atoms with Crippen molar-refractivity contribution >= 4 is 11.8 Å². The van der Waals surface area contributed by atoms with Gasteiger partial charge < -0.3 is 10.4 Å². The number of nitrogens with one attached hydrogen (secondary N) is 1. The smallest absolute Gasteiger partial charge is 0.0869 e. The molecule has 1 aliphatic heterocycles. The highest BCUT2D eigenvalue weighted by Crippen LogP contribution is 2.29. The summed E-state index contributed by atoms with van der Waals surface area (Å²) in [4.78, 5) is 4.18. The summed E-state index contributed by atoms with van der Waals surface area (Å²) in [5.74, 6) is 2.39. The molecule has 1 aromatic rings. The van der Waals surface area contributed by atoms with Crippen LogP contribution in [0.3, 0.4) is 0 Å². The van der Waals surface area contributed by atoms with Gasteiger partial charge in [0.15, 0.2) is 0 Å². The van der Waals surface area contributed by atoms with Gasteiger partial charge in [-0.15, -0.1) is 0 Å². The zero-order valence-electron chi connectivity index (χ0n) is 11.1. The molecular weight excluding hydrogens is 244 g/mol. The molecule has 0 radical (unpaired) electrons. The van der Waals surface area contributed by atoms with E-state index >= 15 is 0 Å². The van der Waals surface area contributed by atoms with Gasteiger partial charge in [-0.25, -0.2) is 0 Å². The molecule has 0 bridgehead atoms. The summed E-state index contributed by atoms with van der Waals surface area (Å²) in [5.41, 5.74) is 0.668. The molecule has 4 heteroatoms. The standard InChI is InChI=1S/C14H22N2OS/c1-11(2)13(12-4-3-6-15-8-12)16-9-14(17)5-7-18-10-14/h3-4,6,8,11,13,16-17H,5,7,9-10H2,1-2H3. The minimum Gasteiger partial charge on any atom is -0.388 e. The van der Waals surface area contributed by atoms with Gasteiger partial charge in [0.1, 0.15) is 0 Å².